The molecule has 0 N–H and O–H groups in total. The summed E-state index contributed by atoms with van der Waals surface area (Å²) in [5, 5.41) is 0. The molecular weight excluding hydrogens is 264 g/mol. The van der Waals surface area contributed by atoms with E-state index in [1.165, 1.54) is 0 Å². The fourth-order valence-corrected chi connectivity index (χ4v) is 1.87. The van der Waals surface area contributed by atoms with Gasteiger partial charge in [-0.2, -0.15) is 0 Å². The molecule has 3 nitrogen and oxygen atoms in total. The Morgan fingerprint density at radius 3 is 2.05 bits per heavy atom. The molecule has 0 fully saturated rings. The van der Waals surface area contributed by atoms with Crippen molar-refractivity contribution >= 4 is 11.8 Å². The smallest absolute Gasteiger partial charge is 0.308 e. The fraction of sp³-hybridized carbons (Fsp3) is 0.222. The highest BCUT2D eigenvalue weighted by Gasteiger charge is 2.12. The predicted octanol–water partition coefficient (Wildman–Crippen LogP) is 3.74. The lowest BCUT2D eigenvalue weighted by molar-refractivity contribution is -0.146. The quantitative estimate of drug-likeness (QED) is 0.620. The van der Waals surface area contributed by atoms with E-state index in [4.69, 9.17) is 4.74 Å². The summed E-state index contributed by atoms with van der Waals surface area (Å²) in [4.78, 5) is 23.3. The molecule has 0 radical (unpaired) electrons. The third-order valence-corrected chi connectivity index (χ3v) is 3.13. The second-order valence-corrected chi connectivity index (χ2v) is 5.13. The van der Waals surface area contributed by atoms with Crippen LogP contribution in [0.5, 0.6) is 0 Å². The number of Topliss-reactive ketones (excluding diaryl/α,β-unsaturated/α-hetero) is 1. The van der Waals surface area contributed by atoms with Gasteiger partial charge in [0.05, 0.1) is 5.92 Å². The summed E-state index contributed by atoms with van der Waals surface area (Å²) < 4.78 is 4.95. The Hall–Kier alpha value is -2.42. The largest absolute Gasteiger partial charge is 0.457 e. The molecule has 0 bridgehead atoms. The zero-order chi connectivity index (χ0) is 15.2. The van der Waals surface area contributed by atoms with Gasteiger partial charge in [0.2, 0.25) is 0 Å². The Balaban J connectivity index is 2.02. The number of hydrogen-bond acceptors (Lipinski definition) is 3. The lowest BCUT2D eigenvalue weighted by atomic mass is 10.0. The zero-order valence-electron chi connectivity index (χ0n) is 12.2. The van der Waals surface area contributed by atoms with Crippen LogP contribution in [0.15, 0.2) is 54.6 Å². The molecule has 0 aliphatic heterocycles. The van der Waals surface area contributed by atoms with Crippen LogP contribution in [0.1, 0.15) is 24.2 Å². The molecule has 3 heteroatoms. The van der Waals surface area contributed by atoms with Gasteiger partial charge < -0.3 is 4.74 Å². The molecule has 0 aliphatic rings. The van der Waals surface area contributed by atoms with Crippen LogP contribution in [0.2, 0.25) is 0 Å². The van der Waals surface area contributed by atoms with Gasteiger partial charge in [0.15, 0.2) is 12.4 Å². The Bertz CT molecular complexity index is 613. The molecule has 0 saturated carbocycles. The second-order valence-electron chi connectivity index (χ2n) is 5.13. The van der Waals surface area contributed by atoms with Crippen LogP contribution in [0, 0.1) is 5.92 Å². The summed E-state index contributed by atoms with van der Waals surface area (Å²) in [6.45, 7) is 3.27. The van der Waals surface area contributed by atoms with Crippen LogP contribution in [-0.4, -0.2) is 18.4 Å². The SMILES string of the molecule is CC(C)C(=O)OCC(=O)c1ccc(-c2ccccc2)cc1. The van der Waals surface area contributed by atoms with Crippen molar-refractivity contribution in [3.63, 3.8) is 0 Å². The van der Waals surface area contributed by atoms with Crippen molar-refractivity contribution in [2.24, 2.45) is 5.92 Å². The van der Waals surface area contributed by atoms with Crippen LogP contribution in [0.25, 0.3) is 11.1 Å². The predicted molar refractivity (Wildman–Crippen MR) is 82.0 cm³/mol. The summed E-state index contributed by atoms with van der Waals surface area (Å²) >= 11 is 0. The van der Waals surface area contributed by atoms with Crippen LogP contribution in [0.4, 0.5) is 0 Å². The minimum absolute atomic E-state index is 0.191. The van der Waals surface area contributed by atoms with Crippen molar-refractivity contribution in [2.75, 3.05) is 6.61 Å². The van der Waals surface area contributed by atoms with Crippen LogP contribution >= 0.6 is 0 Å². The maximum Gasteiger partial charge on any atom is 0.308 e. The number of esters is 1. The first-order valence-electron chi connectivity index (χ1n) is 6.93. The van der Waals surface area contributed by atoms with Gasteiger partial charge in [0.25, 0.3) is 0 Å². The zero-order valence-corrected chi connectivity index (χ0v) is 12.2. The van der Waals surface area contributed by atoms with Gasteiger partial charge in [-0.05, 0) is 11.1 Å². The van der Waals surface area contributed by atoms with E-state index in [1.54, 1.807) is 26.0 Å². The number of carbonyl (C=O) groups excluding carboxylic acids is 2. The standard InChI is InChI=1S/C18H18O3/c1-13(2)18(20)21-12-17(19)16-10-8-15(9-11-16)14-6-4-3-5-7-14/h3-11,13H,12H2,1-2H3. The van der Waals surface area contributed by atoms with Crippen LogP contribution in [0.3, 0.4) is 0 Å². The van der Waals surface area contributed by atoms with Crippen LogP contribution < -0.4 is 0 Å². The molecule has 2 aromatic rings. The van der Waals surface area contributed by atoms with E-state index in [0.717, 1.165) is 11.1 Å². The number of hydrogen-bond donors (Lipinski definition) is 0. The summed E-state index contributed by atoms with van der Waals surface area (Å²) in [5.74, 6) is -0.772. The molecule has 0 aromatic heterocycles. The third-order valence-electron chi connectivity index (χ3n) is 3.13. The van der Waals surface area contributed by atoms with E-state index in [-0.39, 0.29) is 24.3 Å². The van der Waals surface area contributed by atoms with E-state index in [0.29, 0.717) is 5.56 Å². The highest BCUT2D eigenvalue weighted by molar-refractivity contribution is 5.98. The van der Waals surface area contributed by atoms with Gasteiger partial charge in [-0.15, -0.1) is 0 Å². The molecule has 108 valence electrons. The Morgan fingerprint density at radius 1 is 0.905 bits per heavy atom. The molecule has 2 aromatic carbocycles. The van der Waals surface area contributed by atoms with Crippen molar-refractivity contribution in [2.45, 2.75) is 13.8 Å². The Morgan fingerprint density at radius 2 is 1.48 bits per heavy atom. The normalized spacial score (nSPS) is 10.4. The summed E-state index contributed by atoms with van der Waals surface area (Å²) in [6.07, 6.45) is 0. The highest BCUT2D eigenvalue weighted by atomic mass is 16.5. The van der Waals surface area contributed by atoms with E-state index in [1.807, 2.05) is 42.5 Å². The number of rotatable bonds is 5. The van der Waals surface area contributed by atoms with Crippen molar-refractivity contribution in [1.29, 1.82) is 0 Å². The molecule has 0 aliphatic carbocycles. The Kier molecular flexibility index (Phi) is 4.88. The maximum absolute atomic E-state index is 11.9. The minimum Gasteiger partial charge on any atom is -0.457 e. The topological polar surface area (TPSA) is 43.4 Å². The first-order chi connectivity index (χ1) is 10.1. The number of ether oxygens (including phenoxy) is 1. The van der Waals surface area contributed by atoms with Gasteiger partial charge in [-0.3, -0.25) is 9.59 Å². The average Bonchev–Trinajstić information content (AvgIpc) is 2.53. The van der Waals surface area contributed by atoms with Gasteiger partial charge in [0, 0.05) is 5.56 Å². The fourth-order valence-electron chi connectivity index (χ4n) is 1.87. The summed E-state index contributed by atoms with van der Waals surface area (Å²) in [5.41, 5.74) is 2.69. The van der Waals surface area contributed by atoms with E-state index in [2.05, 4.69) is 0 Å². The first kappa shape index (κ1) is 15.0. The summed E-state index contributed by atoms with van der Waals surface area (Å²) in [6, 6.07) is 17.2. The van der Waals surface area contributed by atoms with Gasteiger partial charge in [0.1, 0.15) is 0 Å². The summed E-state index contributed by atoms with van der Waals surface area (Å²) in [7, 11) is 0. The van der Waals surface area contributed by atoms with Gasteiger partial charge in [-0.25, -0.2) is 0 Å². The van der Waals surface area contributed by atoms with Crippen molar-refractivity contribution in [3.8, 4) is 11.1 Å². The van der Waals surface area contributed by atoms with Crippen LogP contribution in [-0.2, 0) is 9.53 Å². The van der Waals surface area contributed by atoms with Crippen molar-refractivity contribution < 1.29 is 14.3 Å². The number of benzene rings is 2. The maximum atomic E-state index is 11.9. The van der Waals surface area contributed by atoms with E-state index >= 15 is 0 Å². The molecule has 0 amide bonds. The van der Waals surface area contributed by atoms with Gasteiger partial charge in [-0.1, -0.05) is 68.4 Å². The molecular formula is C18H18O3. The first-order valence-corrected chi connectivity index (χ1v) is 6.93. The molecule has 21 heavy (non-hydrogen) atoms. The lowest BCUT2D eigenvalue weighted by Crippen LogP contribution is -2.17. The Labute approximate surface area is 124 Å². The monoisotopic (exact) mass is 282 g/mol. The van der Waals surface area contributed by atoms with E-state index < -0.39 is 0 Å². The molecule has 0 unspecified atom stereocenters. The third kappa shape index (κ3) is 4.02. The molecule has 2 rings (SSSR count). The van der Waals surface area contributed by atoms with Gasteiger partial charge >= 0.3 is 5.97 Å². The van der Waals surface area contributed by atoms with Crippen molar-refractivity contribution in [1.82, 2.24) is 0 Å². The number of carbonyl (C=O) groups is 2. The molecule has 0 saturated heterocycles. The average molecular weight is 282 g/mol. The highest BCUT2D eigenvalue weighted by Crippen LogP contribution is 2.19. The number of ketones is 1. The minimum atomic E-state index is -0.357. The van der Waals surface area contributed by atoms with Crippen molar-refractivity contribution in [3.05, 3.63) is 60.2 Å². The van der Waals surface area contributed by atoms with E-state index in [9.17, 15) is 9.59 Å². The molecule has 0 heterocycles. The molecule has 0 atom stereocenters. The second kappa shape index (κ2) is 6.84. The lowest BCUT2D eigenvalue weighted by Gasteiger charge is -2.07. The molecule has 0 spiro atoms.